The second-order valence-corrected chi connectivity index (χ2v) is 6.32. The van der Waals surface area contributed by atoms with Gasteiger partial charge in [0, 0.05) is 23.3 Å². The number of halogens is 1. The number of carbonyl (C=O) groups excluding carboxylic acids is 1. The van der Waals surface area contributed by atoms with Crippen molar-refractivity contribution in [1.82, 2.24) is 4.90 Å². The number of rotatable bonds is 6. The fourth-order valence-electron chi connectivity index (χ4n) is 1.81. The van der Waals surface area contributed by atoms with Crippen molar-refractivity contribution >= 4 is 45.4 Å². The lowest BCUT2D eigenvalue weighted by Gasteiger charge is -2.27. The summed E-state index contributed by atoms with van der Waals surface area (Å²) in [7, 11) is 1.76. The lowest BCUT2D eigenvalue weighted by Crippen LogP contribution is -2.41. The Morgan fingerprint density at radius 3 is 2.62 bits per heavy atom. The molecule has 7 heteroatoms. The number of hydrogen-bond donors (Lipinski definition) is 2. The Balaban J connectivity index is 2.81. The Morgan fingerprint density at radius 1 is 1.48 bits per heavy atom. The Kier molecular flexibility index (Phi) is 7.04. The van der Waals surface area contributed by atoms with Crippen molar-refractivity contribution < 1.29 is 14.7 Å². The number of carboxylic acid groups (broad SMARTS) is 1. The predicted molar refractivity (Wildman–Crippen MR) is 90.3 cm³/mol. The molecule has 0 aliphatic carbocycles. The van der Waals surface area contributed by atoms with Gasteiger partial charge in [0.15, 0.2) is 0 Å². The molecule has 5 nitrogen and oxygen atoms in total. The molecule has 0 spiro atoms. The summed E-state index contributed by atoms with van der Waals surface area (Å²) >= 11 is 4.98. The molecule has 0 fully saturated rings. The molecule has 0 aromatic heterocycles. The molecule has 1 atom stereocenters. The summed E-state index contributed by atoms with van der Waals surface area (Å²) in [5.74, 6) is -0.128. The zero-order valence-corrected chi connectivity index (χ0v) is 14.6. The van der Waals surface area contributed by atoms with Crippen LogP contribution >= 0.6 is 27.7 Å². The van der Waals surface area contributed by atoms with Gasteiger partial charge in [-0.1, -0.05) is 6.92 Å². The average molecular weight is 375 g/mol. The lowest BCUT2D eigenvalue weighted by atomic mass is 10.2. The molecule has 0 saturated heterocycles. The molecule has 0 radical (unpaired) electrons. The fourth-order valence-corrected chi connectivity index (χ4v) is 3.14. The van der Waals surface area contributed by atoms with Crippen LogP contribution in [-0.4, -0.2) is 47.1 Å². The molecule has 1 aromatic rings. The molecular formula is C14H19BrN2O3S. The summed E-state index contributed by atoms with van der Waals surface area (Å²) < 4.78 is 0.544. The average Bonchev–Trinajstić information content (AvgIpc) is 2.45. The van der Waals surface area contributed by atoms with Gasteiger partial charge in [-0.15, -0.1) is 0 Å². The standard InChI is InChI=1S/C14H19BrN2O3S/c1-4-10(8-21-3)17(2)14(20)16-12-6-5-9(13(18)19)7-11(12)15/h5-7,10H,4,8H2,1-3H3,(H,16,20)(H,18,19). The number of benzene rings is 1. The molecule has 2 N–H and O–H groups in total. The minimum Gasteiger partial charge on any atom is -0.478 e. The first-order valence-electron chi connectivity index (χ1n) is 6.46. The maximum atomic E-state index is 12.2. The minimum absolute atomic E-state index is 0.164. The third-order valence-corrected chi connectivity index (χ3v) is 4.53. The number of thioether (sulfide) groups is 1. The second-order valence-electron chi connectivity index (χ2n) is 4.56. The largest absolute Gasteiger partial charge is 0.478 e. The Morgan fingerprint density at radius 2 is 2.14 bits per heavy atom. The molecule has 2 amide bonds. The second kappa shape index (κ2) is 8.29. The number of anilines is 1. The lowest BCUT2D eigenvalue weighted by molar-refractivity contribution is 0.0697. The number of carboxylic acids is 1. The van der Waals surface area contributed by atoms with E-state index in [1.54, 1.807) is 29.8 Å². The molecule has 0 bridgehead atoms. The van der Waals surface area contributed by atoms with Gasteiger partial charge >= 0.3 is 12.0 Å². The smallest absolute Gasteiger partial charge is 0.335 e. The highest BCUT2D eigenvalue weighted by Gasteiger charge is 2.18. The molecule has 1 unspecified atom stereocenters. The van der Waals surface area contributed by atoms with Crippen molar-refractivity contribution in [1.29, 1.82) is 0 Å². The van der Waals surface area contributed by atoms with Crippen molar-refractivity contribution in [2.24, 2.45) is 0 Å². The van der Waals surface area contributed by atoms with E-state index in [-0.39, 0.29) is 17.6 Å². The summed E-state index contributed by atoms with van der Waals surface area (Å²) in [5, 5.41) is 11.7. The third-order valence-electron chi connectivity index (χ3n) is 3.16. The number of carbonyl (C=O) groups is 2. The molecule has 0 aliphatic rings. The molecule has 0 heterocycles. The van der Waals surface area contributed by atoms with Crippen LogP contribution in [0.1, 0.15) is 23.7 Å². The Bertz CT molecular complexity index is 525. The van der Waals surface area contributed by atoms with Crippen molar-refractivity contribution in [3.05, 3.63) is 28.2 Å². The summed E-state index contributed by atoms with van der Waals surface area (Å²) in [5.41, 5.74) is 0.720. The summed E-state index contributed by atoms with van der Waals surface area (Å²) in [6.45, 7) is 2.04. The normalized spacial score (nSPS) is 11.8. The summed E-state index contributed by atoms with van der Waals surface area (Å²) in [4.78, 5) is 24.8. The van der Waals surface area contributed by atoms with E-state index in [9.17, 15) is 9.59 Å². The van der Waals surface area contributed by atoms with Crippen LogP contribution in [0, 0.1) is 0 Å². The maximum absolute atomic E-state index is 12.2. The van der Waals surface area contributed by atoms with Crippen LogP contribution in [0.25, 0.3) is 0 Å². The van der Waals surface area contributed by atoms with Crippen molar-refractivity contribution in [2.75, 3.05) is 24.4 Å². The highest BCUT2D eigenvalue weighted by molar-refractivity contribution is 9.10. The Labute approximate surface area is 137 Å². The molecular weight excluding hydrogens is 356 g/mol. The van der Waals surface area contributed by atoms with Crippen LogP contribution in [0.5, 0.6) is 0 Å². The van der Waals surface area contributed by atoms with E-state index < -0.39 is 5.97 Å². The summed E-state index contributed by atoms with van der Waals surface area (Å²) in [6, 6.07) is 4.46. The van der Waals surface area contributed by atoms with E-state index in [1.807, 2.05) is 13.2 Å². The van der Waals surface area contributed by atoms with Gasteiger partial charge < -0.3 is 15.3 Å². The van der Waals surface area contributed by atoms with Gasteiger partial charge in [0.1, 0.15) is 0 Å². The fraction of sp³-hybridized carbons (Fsp3) is 0.429. The summed E-state index contributed by atoms with van der Waals surface area (Å²) in [6.07, 6.45) is 2.89. The van der Waals surface area contributed by atoms with E-state index in [1.165, 1.54) is 12.1 Å². The molecule has 0 aliphatic heterocycles. The first-order chi connectivity index (χ1) is 9.90. The van der Waals surface area contributed by atoms with Crippen LogP contribution < -0.4 is 5.32 Å². The van der Waals surface area contributed by atoms with Gasteiger partial charge in [-0.2, -0.15) is 11.8 Å². The maximum Gasteiger partial charge on any atom is 0.335 e. The molecule has 1 aromatic carbocycles. The van der Waals surface area contributed by atoms with Gasteiger partial charge in [0.05, 0.1) is 11.3 Å². The molecule has 1 rings (SSSR count). The van der Waals surface area contributed by atoms with E-state index in [2.05, 4.69) is 21.2 Å². The Hall–Kier alpha value is -1.21. The third kappa shape index (κ3) is 4.93. The SMILES string of the molecule is CCC(CSC)N(C)C(=O)Nc1ccc(C(=O)O)cc1Br. The van der Waals surface area contributed by atoms with E-state index in [0.717, 1.165) is 12.2 Å². The van der Waals surface area contributed by atoms with Gasteiger partial charge in [0.2, 0.25) is 0 Å². The van der Waals surface area contributed by atoms with Crippen molar-refractivity contribution in [3.8, 4) is 0 Å². The van der Waals surface area contributed by atoms with Crippen molar-refractivity contribution in [3.63, 3.8) is 0 Å². The monoisotopic (exact) mass is 374 g/mol. The van der Waals surface area contributed by atoms with Crippen LogP contribution in [0.2, 0.25) is 0 Å². The quantitative estimate of drug-likeness (QED) is 0.795. The van der Waals surface area contributed by atoms with Gasteiger partial charge in [-0.05, 0) is 46.8 Å². The number of amides is 2. The molecule has 116 valence electrons. The topological polar surface area (TPSA) is 69.6 Å². The first kappa shape index (κ1) is 17.8. The van der Waals surface area contributed by atoms with Gasteiger partial charge in [-0.3, -0.25) is 0 Å². The zero-order chi connectivity index (χ0) is 16.0. The highest BCUT2D eigenvalue weighted by Crippen LogP contribution is 2.24. The van der Waals surface area contributed by atoms with E-state index in [4.69, 9.17) is 5.11 Å². The van der Waals surface area contributed by atoms with E-state index >= 15 is 0 Å². The van der Waals surface area contributed by atoms with E-state index in [0.29, 0.717) is 10.2 Å². The molecule has 21 heavy (non-hydrogen) atoms. The number of nitrogens with one attached hydrogen (secondary N) is 1. The van der Waals surface area contributed by atoms with Crippen LogP contribution in [0.15, 0.2) is 22.7 Å². The number of urea groups is 1. The van der Waals surface area contributed by atoms with Crippen molar-refractivity contribution in [2.45, 2.75) is 19.4 Å². The zero-order valence-electron chi connectivity index (χ0n) is 12.2. The van der Waals surface area contributed by atoms with Gasteiger partial charge in [-0.25, -0.2) is 9.59 Å². The number of nitrogens with zero attached hydrogens (tertiary/aromatic N) is 1. The number of aromatic carboxylic acids is 1. The van der Waals surface area contributed by atoms with Crippen LogP contribution in [-0.2, 0) is 0 Å². The predicted octanol–water partition coefficient (Wildman–Crippen LogP) is 3.75. The number of hydrogen-bond acceptors (Lipinski definition) is 3. The van der Waals surface area contributed by atoms with Crippen LogP contribution in [0.3, 0.4) is 0 Å². The first-order valence-corrected chi connectivity index (χ1v) is 8.65. The van der Waals surface area contributed by atoms with Crippen LogP contribution in [0.4, 0.5) is 10.5 Å². The molecule has 0 saturated carbocycles. The minimum atomic E-state index is -1.00. The van der Waals surface area contributed by atoms with Gasteiger partial charge in [0.25, 0.3) is 0 Å². The highest BCUT2D eigenvalue weighted by atomic mass is 79.9.